The van der Waals surface area contributed by atoms with Crippen LogP contribution in [-0.4, -0.2) is 40.0 Å². The average Bonchev–Trinajstić information content (AvgIpc) is 3.06. The van der Waals surface area contributed by atoms with Crippen molar-refractivity contribution in [3.05, 3.63) is 60.4 Å². The van der Waals surface area contributed by atoms with Gasteiger partial charge in [-0.25, -0.2) is 4.98 Å². The Morgan fingerprint density at radius 3 is 2.50 bits per heavy atom. The molecule has 0 N–H and O–H groups in total. The van der Waals surface area contributed by atoms with E-state index in [0.29, 0.717) is 12.4 Å². The summed E-state index contributed by atoms with van der Waals surface area (Å²) in [7, 11) is 0. The van der Waals surface area contributed by atoms with E-state index in [1.54, 1.807) is 4.57 Å². The van der Waals surface area contributed by atoms with Gasteiger partial charge in [0.25, 0.3) is 0 Å². The van der Waals surface area contributed by atoms with E-state index in [4.69, 9.17) is 4.74 Å². The fourth-order valence-corrected chi connectivity index (χ4v) is 3.50. The highest BCUT2D eigenvalue weighted by Gasteiger charge is 2.20. The number of piperidine rings is 1. The molecule has 2 heterocycles. The van der Waals surface area contributed by atoms with Gasteiger partial charge < -0.3 is 4.74 Å². The molecular formula is C21H23N3O2. The van der Waals surface area contributed by atoms with Gasteiger partial charge in [-0.1, -0.05) is 36.8 Å². The number of hydrogen-bond donors (Lipinski definition) is 0. The molecule has 0 atom stereocenters. The largest absolute Gasteiger partial charge is 0.486 e. The molecule has 4 rings (SSSR count). The Balaban J connectivity index is 1.59. The Hall–Kier alpha value is -2.66. The van der Waals surface area contributed by atoms with Gasteiger partial charge in [-0.2, -0.15) is 0 Å². The van der Waals surface area contributed by atoms with Crippen molar-refractivity contribution in [2.75, 3.05) is 19.6 Å². The highest BCUT2D eigenvalue weighted by molar-refractivity contribution is 5.92. The van der Waals surface area contributed by atoms with Crippen LogP contribution in [0, 0.1) is 0 Å². The molecule has 1 aliphatic heterocycles. The Bertz CT molecular complexity index is 883. The molecule has 134 valence electrons. The molecule has 5 heteroatoms. The summed E-state index contributed by atoms with van der Waals surface area (Å²) in [5, 5.41) is 0. The third kappa shape index (κ3) is 3.63. The van der Waals surface area contributed by atoms with Crippen LogP contribution in [0.2, 0.25) is 0 Å². The number of benzene rings is 2. The van der Waals surface area contributed by atoms with Crippen LogP contribution in [0.4, 0.5) is 0 Å². The van der Waals surface area contributed by atoms with Crippen LogP contribution in [0.1, 0.15) is 29.9 Å². The molecule has 0 saturated carbocycles. The lowest BCUT2D eigenvalue weighted by Crippen LogP contribution is -2.37. The summed E-state index contributed by atoms with van der Waals surface area (Å²) in [6.07, 6.45) is 3.60. The molecule has 0 bridgehead atoms. The van der Waals surface area contributed by atoms with Crippen molar-refractivity contribution in [3.8, 4) is 5.75 Å². The molecule has 0 aliphatic carbocycles. The van der Waals surface area contributed by atoms with E-state index in [2.05, 4.69) is 9.88 Å². The number of imidazole rings is 1. The van der Waals surface area contributed by atoms with Crippen LogP contribution in [0.15, 0.2) is 54.6 Å². The fraction of sp³-hybridized carbons (Fsp3) is 0.333. The number of carbonyl (C=O) groups excluding carboxylic acids is 1. The highest BCUT2D eigenvalue weighted by atomic mass is 16.5. The van der Waals surface area contributed by atoms with Crippen LogP contribution in [0.5, 0.6) is 5.75 Å². The Morgan fingerprint density at radius 2 is 1.69 bits per heavy atom. The second kappa shape index (κ2) is 7.70. The van der Waals surface area contributed by atoms with E-state index in [-0.39, 0.29) is 12.5 Å². The number of nitrogens with zero attached hydrogens (tertiary/aromatic N) is 3. The first-order valence-electron chi connectivity index (χ1n) is 9.21. The summed E-state index contributed by atoms with van der Waals surface area (Å²) < 4.78 is 7.58. The van der Waals surface area contributed by atoms with Gasteiger partial charge in [0.15, 0.2) is 5.82 Å². The zero-order chi connectivity index (χ0) is 17.8. The van der Waals surface area contributed by atoms with Crippen LogP contribution >= 0.6 is 0 Å². The summed E-state index contributed by atoms with van der Waals surface area (Å²) in [4.78, 5) is 19.9. The van der Waals surface area contributed by atoms with Crippen LogP contribution < -0.4 is 4.74 Å². The molecule has 2 aromatic carbocycles. The van der Waals surface area contributed by atoms with Gasteiger partial charge in [0.1, 0.15) is 12.4 Å². The molecule has 0 amide bonds. The lowest BCUT2D eigenvalue weighted by atomic mass is 10.1. The molecule has 3 aromatic rings. The number of rotatable bonds is 5. The first-order valence-corrected chi connectivity index (χ1v) is 9.21. The molecular weight excluding hydrogens is 326 g/mol. The zero-order valence-electron chi connectivity index (χ0n) is 14.8. The number of hydrogen-bond acceptors (Lipinski definition) is 4. The minimum atomic E-state index is 0.0623. The lowest BCUT2D eigenvalue weighted by Gasteiger charge is -2.25. The number of aromatic nitrogens is 2. The third-order valence-corrected chi connectivity index (χ3v) is 4.80. The van der Waals surface area contributed by atoms with Crippen molar-refractivity contribution in [1.82, 2.24) is 14.5 Å². The zero-order valence-corrected chi connectivity index (χ0v) is 14.8. The van der Waals surface area contributed by atoms with E-state index in [0.717, 1.165) is 29.9 Å². The van der Waals surface area contributed by atoms with Crippen molar-refractivity contribution < 1.29 is 9.53 Å². The van der Waals surface area contributed by atoms with Gasteiger partial charge in [-0.05, 0) is 50.2 Å². The predicted octanol–water partition coefficient (Wildman–Crippen LogP) is 3.74. The fourth-order valence-electron chi connectivity index (χ4n) is 3.50. The lowest BCUT2D eigenvalue weighted by molar-refractivity contribution is 0.0829. The maximum Gasteiger partial charge on any atom is 0.246 e. The molecule has 0 unspecified atom stereocenters. The van der Waals surface area contributed by atoms with Gasteiger partial charge in [-0.15, -0.1) is 0 Å². The second-order valence-corrected chi connectivity index (χ2v) is 6.68. The molecule has 1 fully saturated rings. The molecule has 0 radical (unpaired) electrons. The number of fused-ring (bicyclic) bond motifs is 1. The van der Waals surface area contributed by atoms with E-state index < -0.39 is 0 Å². The molecule has 26 heavy (non-hydrogen) atoms. The minimum absolute atomic E-state index is 0.0623. The van der Waals surface area contributed by atoms with Crippen molar-refractivity contribution in [2.45, 2.75) is 25.9 Å². The van der Waals surface area contributed by atoms with Crippen molar-refractivity contribution in [2.24, 2.45) is 0 Å². The number of ether oxygens (including phenoxy) is 1. The van der Waals surface area contributed by atoms with Crippen molar-refractivity contribution >= 4 is 16.9 Å². The van der Waals surface area contributed by atoms with Gasteiger partial charge in [0.2, 0.25) is 5.91 Å². The third-order valence-electron chi connectivity index (χ3n) is 4.80. The SMILES string of the molecule is O=C(CN1CCCCC1)n1c(COc2ccccc2)nc2ccccc21. The number of likely N-dealkylation sites (tertiary alicyclic amines) is 1. The Kier molecular flexibility index (Phi) is 4.97. The molecule has 0 spiro atoms. The summed E-state index contributed by atoms with van der Waals surface area (Å²) in [5.74, 6) is 1.49. The summed E-state index contributed by atoms with van der Waals surface area (Å²) >= 11 is 0. The Morgan fingerprint density at radius 1 is 0.962 bits per heavy atom. The highest BCUT2D eigenvalue weighted by Crippen LogP contribution is 2.19. The Labute approximate surface area is 153 Å². The molecule has 1 aliphatic rings. The van der Waals surface area contributed by atoms with Crippen molar-refractivity contribution in [1.29, 1.82) is 0 Å². The summed E-state index contributed by atoms with van der Waals surface area (Å²) in [6, 6.07) is 17.4. The van der Waals surface area contributed by atoms with Gasteiger partial charge in [0.05, 0.1) is 17.6 Å². The van der Waals surface area contributed by atoms with Gasteiger partial charge >= 0.3 is 0 Å². The van der Waals surface area contributed by atoms with Crippen molar-refractivity contribution in [3.63, 3.8) is 0 Å². The number of para-hydroxylation sites is 3. The quantitative estimate of drug-likeness (QED) is 0.704. The first-order chi connectivity index (χ1) is 12.8. The maximum atomic E-state index is 13.0. The van der Waals surface area contributed by atoms with E-state index >= 15 is 0 Å². The minimum Gasteiger partial charge on any atom is -0.486 e. The second-order valence-electron chi connectivity index (χ2n) is 6.68. The van der Waals surface area contributed by atoms with Crippen LogP contribution in [-0.2, 0) is 6.61 Å². The van der Waals surface area contributed by atoms with Gasteiger partial charge in [-0.3, -0.25) is 14.3 Å². The number of carbonyl (C=O) groups is 1. The van der Waals surface area contributed by atoms with E-state index in [9.17, 15) is 4.79 Å². The maximum absolute atomic E-state index is 13.0. The van der Waals surface area contributed by atoms with E-state index in [1.807, 2.05) is 54.6 Å². The summed E-state index contributed by atoms with van der Waals surface area (Å²) in [6.45, 7) is 2.69. The van der Waals surface area contributed by atoms with E-state index in [1.165, 1.54) is 19.3 Å². The first kappa shape index (κ1) is 16.8. The molecule has 1 aromatic heterocycles. The normalized spacial score (nSPS) is 15.2. The molecule has 5 nitrogen and oxygen atoms in total. The predicted molar refractivity (Wildman–Crippen MR) is 101 cm³/mol. The average molecular weight is 349 g/mol. The monoisotopic (exact) mass is 349 g/mol. The standard InChI is InChI=1S/C21H23N3O2/c25-21(15-23-13-7-2-8-14-23)24-19-12-6-5-11-18(19)22-20(24)16-26-17-9-3-1-4-10-17/h1,3-6,9-12H,2,7-8,13-16H2. The molecule has 1 saturated heterocycles. The smallest absolute Gasteiger partial charge is 0.246 e. The topological polar surface area (TPSA) is 47.4 Å². The van der Waals surface area contributed by atoms with Gasteiger partial charge in [0, 0.05) is 0 Å². The van der Waals surface area contributed by atoms with Crippen LogP contribution in [0.3, 0.4) is 0 Å². The summed E-state index contributed by atoms with van der Waals surface area (Å²) in [5.41, 5.74) is 1.67. The van der Waals surface area contributed by atoms with Crippen LogP contribution in [0.25, 0.3) is 11.0 Å².